The molecule has 0 unspecified atom stereocenters. The van der Waals surface area contributed by atoms with E-state index in [0.717, 1.165) is 16.9 Å². The van der Waals surface area contributed by atoms with Gasteiger partial charge >= 0.3 is 0 Å². The summed E-state index contributed by atoms with van der Waals surface area (Å²) in [5.41, 5.74) is 7.65. The van der Waals surface area contributed by atoms with Gasteiger partial charge in [0.1, 0.15) is 5.82 Å². The lowest BCUT2D eigenvalue weighted by Gasteiger charge is -2.13. The fourth-order valence-corrected chi connectivity index (χ4v) is 2.31. The van der Waals surface area contributed by atoms with Gasteiger partial charge in [-0.05, 0) is 32.9 Å². The molecule has 0 radical (unpaired) electrons. The van der Waals surface area contributed by atoms with Crippen molar-refractivity contribution in [2.24, 2.45) is 5.73 Å². The van der Waals surface area contributed by atoms with Gasteiger partial charge in [-0.25, -0.2) is 4.98 Å². The zero-order chi connectivity index (χ0) is 14.7. The molecule has 7 heteroatoms. The smallest absolute Gasteiger partial charge is 0.236 e. The van der Waals surface area contributed by atoms with Crippen molar-refractivity contribution in [3.05, 3.63) is 30.1 Å². The number of carbonyl (C=O) groups excluding carboxylic acids is 1. The molecule has 1 amide bonds. The highest BCUT2D eigenvalue weighted by atomic mass is 35.5. The van der Waals surface area contributed by atoms with E-state index in [0.29, 0.717) is 19.0 Å². The minimum Gasteiger partial charge on any atom is -0.354 e. The molecule has 0 fully saturated rings. The molecule has 124 valence electrons. The third kappa shape index (κ3) is 4.60. The number of para-hydroxylation sites is 2. The number of imidazole rings is 1. The fraction of sp³-hybridized carbons (Fsp3) is 0.467. The van der Waals surface area contributed by atoms with Crippen LogP contribution < -0.4 is 11.1 Å². The summed E-state index contributed by atoms with van der Waals surface area (Å²) in [6, 6.07) is 7.96. The van der Waals surface area contributed by atoms with Crippen molar-refractivity contribution in [3.8, 4) is 0 Å². The van der Waals surface area contributed by atoms with Crippen LogP contribution in [0.15, 0.2) is 24.3 Å². The lowest BCUT2D eigenvalue weighted by molar-refractivity contribution is -0.121. The Kier molecular flexibility index (Phi) is 8.45. The Morgan fingerprint density at radius 3 is 2.50 bits per heavy atom. The molecule has 0 spiro atoms. The Balaban J connectivity index is 0.00000220. The summed E-state index contributed by atoms with van der Waals surface area (Å²) in [6.45, 7) is 6.51. The second-order valence-electron chi connectivity index (χ2n) is 5.31. The van der Waals surface area contributed by atoms with E-state index in [-0.39, 0.29) is 30.7 Å². The molecule has 5 nitrogen and oxygen atoms in total. The highest BCUT2D eigenvalue weighted by Gasteiger charge is 2.13. The van der Waals surface area contributed by atoms with Gasteiger partial charge in [-0.1, -0.05) is 12.1 Å². The van der Waals surface area contributed by atoms with Crippen LogP contribution in [-0.4, -0.2) is 28.0 Å². The molecular weight excluding hydrogens is 323 g/mol. The largest absolute Gasteiger partial charge is 0.354 e. The number of nitrogens with two attached hydrogens (primary N) is 1. The van der Waals surface area contributed by atoms with E-state index in [2.05, 4.69) is 34.8 Å². The maximum absolute atomic E-state index is 11.5. The molecule has 1 aromatic heterocycles. The second-order valence-corrected chi connectivity index (χ2v) is 5.31. The van der Waals surface area contributed by atoms with Crippen LogP contribution in [0.5, 0.6) is 0 Å². The number of aromatic nitrogens is 2. The summed E-state index contributed by atoms with van der Waals surface area (Å²) < 4.78 is 2.22. The molecule has 0 bridgehead atoms. The second kappa shape index (κ2) is 8.98. The molecule has 1 aromatic carbocycles. The van der Waals surface area contributed by atoms with Crippen molar-refractivity contribution < 1.29 is 4.79 Å². The number of rotatable bonds is 5. The van der Waals surface area contributed by atoms with Crippen LogP contribution in [0.2, 0.25) is 0 Å². The third-order valence-electron chi connectivity index (χ3n) is 3.25. The number of halogens is 2. The summed E-state index contributed by atoms with van der Waals surface area (Å²) in [5.74, 6) is 0.864. The quantitative estimate of drug-likeness (QED) is 0.873. The SMILES string of the molecule is CC(C)n1c(CCNC(=O)[C@@H](C)N)nc2ccccc21.Cl.Cl. The molecule has 0 saturated carbocycles. The average molecular weight is 347 g/mol. The monoisotopic (exact) mass is 346 g/mol. The van der Waals surface area contributed by atoms with Crippen LogP contribution in [0.4, 0.5) is 0 Å². The van der Waals surface area contributed by atoms with Gasteiger partial charge in [0.05, 0.1) is 17.1 Å². The van der Waals surface area contributed by atoms with Crippen molar-refractivity contribution in [3.63, 3.8) is 0 Å². The zero-order valence-corrected chi connectivity index (χ0v) is 14.7. The van der Waals surface area contributed by atoms with Crippen molar-refractivity contribution >= 4 is 41.8 Å². The van der Waals surface area contributed by atoms with E-state index in [4.69, 9.17) is 5.73 Å². The lowest BCUT2D eigenvalue weighted by Crippen LogP contribution is -2.39. The van der Waals surface area contributed by atoms with Crippen molar-refractivity contribution in [1.82, 2.24) is 14.9 Å². The number of hydrogen-bond acceptors (Lipinski definition) is 3. The summed E-state index contributed by atoms with van der Waals surface area (Å²) in [6.07, 6.45) is 0.700. The first-order valence-electron chi connectivity index (χ1n) is 7.00. The number of carbonyl (C=O) groups is 1. The van der Waals surface area contributed by atoms with Crippen LogP contribution in [-0.2, 0) is 11.2 Å². The fourth-order valence-electron chi connectivity index (χ4n) is 2.31. The van der Waals surface area contributed by atoms with Gasteiger partial charge in [0.2, 0.25) is 5.91 Å². The number of amides is 1. The molecular formula is C15H24Cl2N4O. The maximum atomic E-state index is 11.5. The molecule has 0 aliphatic heterocycles. The normalized spacial score (nSPS) is 11.7. The van der Waals surface area contributed by atoms with Crippen LogP contribution in [0.25, 0.3) is 11.0 Å². The summed E-state index contributed by atoms with van der Waals surface area (Å²) in [5, 5.41) is 2.82. The molecule has 3 N–H and O–H groups in total. The highest BCUT2D eigenvalue weighted by molar-refractivity contribution is 5.85. The van der Waals surface area contributed by atoms with E-state index in [1.807, 2.05) is 18.2 Å². The third-order valence-corrected chi connectivity index (χ3v) is 3.25. The van der Waals surface area contributed by atoms with Crippen molar-refractivity contribution in [2.45, 2.75) is 39.3 Å². The van der Waals surface area contributed by atoms with E-state index >= 15 is 0 Å². The van der Waals surface area contributed by atoms with Crippen molar-refractivity contribution in [1.29, 1.82) is 0 Å². The predicted octanol–water partition coefficient (Wildman–Crippen LogP) is 2.47. The Labute approximate surface area is 143 Å². The summed E-state index contributed by atoms with van der Waals surface area (Å²) in [7, 11) is 0. The number of nitrogens with zero attached hydrogens (tertiary/aromatic N) is 2. The number of nitrogens with one attached hydrogen (secondary N) is 1. The predicted molar refractivity (Wildman–Crippen MR) is 95.0 cm³/mol. The molecule has 0 saturated heterocycles. The van der Waals surface area contributed by atoms with Gasteiger partial charge in [-0.15, -0.1) is 24.8 Å². The molecule has 0 aliphatic carbocycles. The first kappa shape index (κ1) is 20.7. The maximum Gasteiger partial charge on any atom is 0.236 e. The van der Waals surface area contributed by atoms with E-state index < -0.39 is 6.04 Å². The summed E-state index contributed by atoms with van der Waals surface area (Å²) >= 11 is 0. The van der Waals surface area contributed by atoms with Gasteiger partial charge in [-0.2, -0.15) is 0 Å². The van der Waals surface area contributed by atoms with Gasteiger partial charge < -0.3 is 15.6 Å². The Morgan fingerprint density at radius 2 is 1.91 bits per heavy atom. The lowest BCUT2D eigenvalue weighted by atomic mass is 10.3. The minimum absolute atomic E-state index is 0. The van der Waals surface area contributed by atoms with E-state index in [1.54, 1.807) is 6.92 Å². The van der Waals surface area contributed by atoms with Gasteiger partial charge in [-0.3, -0.25) is 4.79 Å². The Morgan fingerprint density at radius 1 is 1.27 bits per heavy atom. The minimum atomic E-state index is -0.473. The first-order valence-corrected chi connectivity index (χ1v) is 7.00. The number of benzene rings is 1. The molecule has 2 aromatic rings. The molecule has 0 aliphatic rings. The Bertz CT molecular complexity index is 611. The average Bonchev–Trinajstić information content (AvgIpc) is 2.76. The van der Waals surface area contributed by atoms with E-state index in [1.165, 1.54) is 0 Å². The topological polar surface area (TPSA) is 72.9 Å². The van der Waals surface area contributed by atoms with Crippen LogP contribution in [0, 0.1) is 0 Å². The van der Waals surface area contributed by atoms with Gasteiger partial charge in [0.25, 0.3) is 0 Å². The van der Waals surface area contributed by atoms with Gasteiger partial charge in [0, 0.05) is 19.0 Å². The van der Waals surface area contributed by atoms with Crippen LogP contribution in [0.1, 0.15) is 32.6 Å². The zero-order valence-electron chi connectivity index (χ0n) is 13.1. The van der Waals surface area contributed by atoms with Crippen LogP contribution in [0.3, 0.4) is 0 Å². The first-order chi connectivity index (χ1) is 9.50. The molecule has 22 heavy (non-hydrogen) atoms. The summed E-state index contributed by atoms with van der Waals surface area (Å²) in [4.78, 5) is 16.1. The van der Waals surface area contributed by atoms with Crippen LogP contribution >= 0.6 is 24.8 Å². The van der Waals surface area contributed by atoms with Crippen molar-refractivity contribution in [2.75, 3.05) is 6.54 Å². The molecule has 2 rings (SSSR count). The van der Waals surface area contributed by atoms with Gasteiger partial charge in [0.15, 0.2) is 0 Å². The number of fused-ring (bicyclic) bond motifs is 1. The standard InChI is InChI=1S/C15H22N4O.2ClH/c1-10(2)19-13-7-5-4-6-12(13)18-14(19)8-9-17-15(20)11(3)16;;/h4-7,10-11H,8-9,16H2,1-3H3,(H,17,20);2*1H/t11-;;/m1../s1. The molecule has 1 atom stereocenters. The number of hydrogen-bond donors (Lipinski definition) is 2. The molecule has 1 heterocycles. The van der Waals surface area contributed by atoms with E-state index in [9.17, 15) is 4.79 Å². The highest BCUT2D eigenvalue weighted by Crippen LogP contribution is 2.20. The Hall–Kier alpha value is -1.30.